The third kappa shape index (κ3) is 2.99. The van der Waals surface area contributed by atoms with Crippen LogP contribution in [-0.2, 0) is 9.59 Å². The van der Waals surface area contributed by atoms with Gasteiger partial charge in [-0.2, -0.15) is 0 Å². The molecule has 0 aromatic heterocycles. The van der Waals surface area contributed by atoms with Crippen LogP contribution in [0, 0.1) is 0 Å². The van der Waals surface area contributed by atoms with Gasteiger partial charge in [0.1, 0.15) is 0 Å². The highest BCUT2D eigenvalue weighted by Crippen LogP contribution is 2.02. The Morgan fingerprint density at radius 2 is 2.36 bits per heavy atom. The maximum Gasteiger partial charge on any atom is 0.237 e. The van der Waals surface area contributed by atoms with Crippen molar-refractivity contribution in [1.29, 1.82) is 0 Å². The van der Waals surface area contributed by atoms with Crippen LogP contribution in [0.2, 0.25) is 0 Å². The minimum atomic E-state index is -0.187. The maximum absolute atomic E-state index is 11.4. The molecule has 1 rings (SSSR count). The highest BCUT2D eigenvalue weighted by atomic mass is 16.2. The van der Waals surface area contributed by atoms with E-state index in [1.807, 2.05) is 0 Å². The molecule has 2 unspecified atom stereocenters. The van der Waals surface area contributed by atoms with Crippen molar-refractivity contribution < 1.29 is 9.59 Å². The summed E-state index contributed by atoms with van der Waals surface area (Å²) in [7, 11) is 1.74. The van der Waals surface area contributed by atoms with Crippen LogP contribution in [0.15, 0.2) is 0 Å². The molecule has 0 aliphatic carbocycles. The second-order valence-corrected chi connectivity index (χ2v) is 3.56. The van der Waals surface area contributed by atoms with Crippen LogP contribution >= 0.6 is 0 Å². The molecule has 5 heteroatoms. The van der Waals surface area contributed by atoms with Crippen molar-refractivity contribution >= 4 is 11.8 Å². The van der Waals surface area contributed by atoms with Gasteiger partial charge in [0.05, 0.1) is 6.04 Å². The smallest absolute Gasteiger partial charge is 0.237 e. The van der Waals surface area contributed by atoms with Crippen LogP contribution in [-0.4, -0.2) is 37.5 Å². The second kappa shape index (κ2) is 4.95. The predicted molar refractivity (Wildman–Crippen MR) is 52.7 cm³/mol. The molecular weight excluding hydrogens is 182 g/mol. The molecule has 1 heterocycles. The number of hydrogen-bond acceptors (Lipinski definition) is 3. The summed E-state index contributed by atoms with van der Waals surface area (Å²) in [6, 6.07) is -0.108. The minimum Gasteiger partial charge on any atom is -0.354 e. The van der Waals surface area contributed by atoms with E-state index in [1.54, 1.807) is 14.0 Å². The van der Waals surface area contributed by atoms with Crippen LogP contribution in [0.25, 0.3) is 0 Å². The van der Waals surface area contributed by atoms with Gasteiger partial charge in [0.15, 0.2) is 0 Å². The van der Waals surface area contributed by atoms with Gasteiger partial charge in [-0.05, 0) is 20.4 Å². The predicted octanol–water partition coefficient (Wildman–Crippen LogP) is -1.01. The first-order valence-corrected chi connectivity index (χ1v) is 4.88. The first-order valence-electron chi connectivity index (χ1n) is 4.88. The number of piperidine rings is 1. The van der Waals surface area contributed by atoms with Crippen LogP contribution in [0.5, 0.6) is 0 Å². The topological polar surface area (TPSA) is 70.2 Å². The molecule has 1 aliphatic rings. The number of amides is 2. The SMILES string of the molecule is CNC(C)C(=O)NC1CCC(=O)NC1. The number of rotatable bonds is 3. The molecule has 1 saturated heterocycles. The van der Waals surface area contributed by atoms with Gasteiger partial charge in [-0.15, -0.1) is 0 Å². The Bertz CT molecular complexity index is 220. The van der Waals surface area contributed by atoms with E-state index in [0.29, 0.717) is 13.0 Å². The fourth-order valence-corrected chi connectivity index (χ4v) is 1.31. The van der Waals surface area contributed by atoms with Crippen LogP contribution in [0.1, 0.15) is 19.8 Å². The molecule has 0 spiro atoms. The summed E-state index contributed by atoms with van der Waals surface area (Å²) in [6.45, 7) is 2.34. The minimum absolute atomic E-state index is 0.0198. The molecule has 80 valence electrons. The normalized spacial score (nSPS) is 23.9. The largest absolute Gasteiger partial charge is 0.354 e. The molecule has 0 radical (unpaired) electrons. The lowest BCUT2D eigenvalue weighted by molar-refractivity contribution is -0.126. The Balaban J connectivity index is 2.30. The molecule has 1 aliphatic heterocycles. The number of carbonyl (C=O) groups is 2. The molecule has 3 N–H and O–H groups in total. The number of likely N-dealkylation sites (N-methyl/N-ethyl adjacent to an activating group) is 1. The third-order valence-electron chi connectivity index (χ3n) is 2.44. The van der Waals surface area contributed by atoms with Gasteiger partial charge in [0.25, 0.3) is 0 Å². The second-order valence-electron chi connectivity index (χ2n) is 3.56. The van der Waals surface area contributed by atoms with E-state index in [9.17, 15) is 9.59 Å². The maximum atomic E-state index is 11.4. The molecule has 5 nitrogen and oxygen atoms in total. The van der Waals surface area contributed by atoms with Crippen LogP contribution in [0.4, 0.5) is 0 Å². The Kier molecular flexibility index (Phi) is 3.88. The van der Waals surface area contributed by atoms with Crippen molar-refractivity contribution in [3.05, 3.63) is 0 Å². The summed E-state index contributed by atoms with van der Waals surface area (Å²) >= 11 is 0. The van der Waals surface area contributed by atoms with Crippen LogP contribution in [0.3, 0.4) is 0 Å². The zero-order valence-electron chi connectivity index (χ0n) is 8.59. The van der Waals surface area contributed by atoms with Gasteiger partial charge in [-0.1, -0.05) is 0 Å². The Morgan fingerprint density at radius 1 is 1.64 bits per heavy atom. The summed E-state index contributed by atoms with van der Waals surface area (Å²) in [5, 5.41) is 8.46. The fourth-order valence-electron chi connectivity index (χ4n) is 1.31. The van der Waals surface area contributed by atoms with E-state index in [2.05, 4.69) is 16.0 Å². The van der Waals surface area contributed by atoms with Gasteiger partial charge in [-0.25, -0.2) is 0 Å². The molecule has 0 bridgehead atoms. The van der Waals surface area contributed by atoms with Crippen LogP contribution < -0.4 is 16.0 Å². The monoisotopic (exact) mass is 199 g/mol. The standard InChI is InChI=1S/C9H17N3O2/c1-6(10-2)9(14)12-7-3-4-8(13)11-5-7/h6-7,10H,3-5H2,1-2H3,(H,11,13)(H,12,14). The molecule has 1 fully saturated rings. The lowest BCUT2D eigenvalue weighted by Gasteiger charge is -2.24. The molecule has 2 amide bonds. The van der Waals surface area contributed by atoms with E-state index in [4.69, 9.17) is 0 Å². The van der Waals surface area contributed by atoms with E-state index >= 15 is 0 Å². The van der Waals surface area contributed by atoms with E-state index < -0.39 is 0 Å². The van der Waals surface area contributed by atoms with E-state index in [0.717, 1.165) is 6.42 Å². The Labute approximate surface area is 83.6 Å². The van der Waals surface area contributed by atoms with Crippen molar-refractivity contribution in [3.63, 3.8) is 0 Å². The number of hydrogen-bond donors (Lipinski definition) is 3. The zero-order valence-corrected chi connectivity index (χ0v) is 8.59. The van der Waals surface area contributed by atoms with Crippen molar-refractivity contribution in [2.75, 3.05) is 13.6 Å². The van der Waals surface area contributed by atoms with E-state index in [1.165, 1.54) is 0 Å². The molecule has 0 saturated carbocycles. The summed E-state index contributed by atoms with van der Waals surface area (Å²) in [5.74, 6) is 0.0470. The third-order valence-corrected chi connectivity index (χ3v) is 2.44. The first kappa shape index (κ1) is 11.0. The van der Waals surface area contributed by atoms with Gasteiger partial charge in [0.2, 0.25) is 11.8 Å². The Hall–Kier alpha value is -1.10. The molecule has 2 atom stereocenters. The Morgan fingerprint density at radius 3 is 2.86 bits per heavy atom. The molecule has 0 aromatic rings. The average molecular weight is 199 g/mol. The van der Waals surface area contributed by atoms with Gasteiger partial charge in [-0.3, -0.25) is 9.59 Å². The fraction of sp³-hybridized carbons (Fsp3) is 0.778. The highest BCUT2D eigenvalue weighted by Gasteiger charge is 2.21. The lowest BCUT2D eigenvalue weighted by atomic mass is 10.1. The molecular formula is C9H17N3O2. The van der Waals surface area contributed by atoms with Crippen molar-refractivity contribution in [2.24, 2.45) is 0 Å². The highest BCUT2D eigenvalue weighted by molar-refractivity contribution is 5.82. The zero-order chi connectivity index (χ0) is 10.6. The summed E-state index contributed by atoms with van der Waals surface area (Å²) in [5.41, 5.74) is 0. The molecule has 14 heavy (non-hydrogen) atoms. The summed E-state index contributed by atoms with van der Waals surface area (Å²) < 4.78 is 0. The summed E-state index contributed by atoms with van der Waals surface area (Å²) in [6.07, 6.45) is 1.23. The van der Waals surface area contributed by atoms with Crippen molar-refractivity contribution in [2.45, 2.75) is 31.8 Å². The number of carbonyl (C=O) groups excluding carboxylic acids is 2. The van der Waals surface area contributed by atoms with Gasteiger partial charge >= 0.3 is 0 Å². The number of nitrogens with one attached hydrogen (secondary N) is 3. The lowest BCUT2D eigenvalue weighted by Crippen LogP contribution is -2.51. The van der Waals surface area contributed by atoms with Gasteiger partial charge < -0.3 is 16.0 Å². The first-order chi connectivity index (χ1) is 6.63. The van der Waals surface area contributed by atoms with E-state index in [-0.39, 0.29) is 23.9 Å². The average Bonchev–Trinajstić information content (AvgIpc) is 2.20. The summed E-state index contributed by atoms with van der Waals surface area (Å²) in [4.78, 5) is 22.3. The molecule has 0 aromatic carbocycles. The quantitative estimate of drug-likeness (QED) is 0.545. The van der Waals surface area contributed by atoms with Gasteiger partial charge in [0, 0.05) is 19.0 Å². The van der Waals surface area contributed by atoms with Crippen molar-refractivity contribution in [1.82, 2.24) is 16.0 Å². The van der Waals surface area contributed by atoms with Crippen molar-refractivity contribution in [3.8, 4) is 0 Å².